The summed E-state index contributed by atoms with van der Waals surface area (Å²) in [6, 6.07) is 5.78. The SMILES string of the molecule is CC(C)c1[nH]c(=O)c(-c2cc(Cl)ccc2F)cc1Nc1ncnc2[nH]nc(CN3CCOCC3)c12. The van der Waals surface area contributed by atoms with E-state index < -0.39 is 11.4 Å². The van der Waals surface area contributed by atoms with Gasteiger partial charge < -0.3 is 15.0 Å². The summed E-state index contributed by atoms with van der Waals surface area (Å²) in [6.07, 6.45) is 1.44. The summed E-state index contributed by atoms with van der Waals surface area (Å²) in [5.74, 6) is -0.00774. The number of aromatic nitrogens is 5. The fraction of sp³-hybridized carbons (Fsp3) is 0.333. The zero-order valence-corrected chi connectivity index (χ0v) is 20.1. The number of anilines is 2. The highest BCUT2D eigenvalue weighted by Gasteiger charge is 2.20. The molecular weight excluding hydrogens is 473 g/mol. The minimum atomic E-state index is -0.532. The molecule has 11 heteroatoms. The second kappa shape index (κ2) is 9.73. The lowest BCUT2D eigenvalue weighted by Gasteiger charge is -2.25. The molecule has 5 rings (SSSR count). The number of hydrogen-bond acceptors (Lipinski definition) is 7. The van der Waals surface area contributed by atoms with E-state index in [2.05, 4.69) is 35.4 Å². The minimum absolute atomic E-state index is 0.0158. The quantitative estimate of drug-likeness (QED) is 0.366. The monoisotopic (exact) mass is 497 g/mol. The molecule has 0 spiro atoms. The van der Waals surface area contributed by atoms with Gasteiger partial charge in [-0.1, -0.05) is 25.4 Å². The fourth-order valence-corrected chi connectivity index (χ4v) is 4.41. The Hall–Kier alpha value is -3.34. The van der Waals surface area contributed by atoms with Gasteiger partial charge in [0, 0.05) is 35.9 Å². The maximum absolute atomic E-state index is 14.6. The average Bonchev–Trinajstić information content (AvgIpc) is 3.26. The van der Waals surface area contributed by atoms with Crippen LogP contribution in [0.2, 0.25) is 5.02 Å². The Morgan fingerprint density at radius 2 is 2.00 bits per heavy atom. The summed E-state index contributed by atoms with van der Waals surface area (Å²) in [6.45, 7) is 7.55. The number of morpholine rings is 1. The summed E-state index contributed by atoms with van der Waals surface area (Å²) in [4.78, 5) is 26.9. The molecule has 0 amide bonds. The van der Waals surface area contributed by atoms with Crippen LogP contribution < -0.4 is 10.9 Å². The van der Waals surface area contributed by atoms with Gasteiger partial charge in [0.1, 0.15) is 18.0 Å². The van der Waals surface area contributed by atoms with Crippen LogP contribution in [-0.2, 0) is 11.3 Å². The molecule has 0 aliphatic carbocycles. The Kier molecular flexibility index (Phi) is 6.50. The molecule has 4 aromatic rings. The van der Waals surface area contributed by atoms with Crippen molar-refractivity contribution in [3.05, 3.63) is 63.2 Å². The number of benzene rings is 1. The molecule has 1 aliphatic rings. The average molecular weight is 498 g/mol. The molecule has 3 aromatic heterocycles. The zero-order chi connectivity index (χ0) is 24.5. The van der Waals surface area contributed by atoms with Gasteiger partial charge in [0.25, 0.3) is 5.56 Å². The van der Waals surface area contributed by atoms with E-state index in [1.807, 2.05) is 13.8 Å². The highest BCUT2D eigenvalue weighted by atomic mass is 35.5. The largest absolute Gasteiger partial charge is 0.379 e. The van der Waals surface area contributed by atoms with E-state index in [1.54, 1.807) is 6.07 Å². The second-order valence-electron chi connectivity index (χ2n) is 8.75. The van der Waals surface area contributed by atoms with E-state index in [-0.39, 0.29) is 17.0 Å². The van der Waals surface area contributed by atoms with Crippen LogP contribution in [0.3, 0.4) is 0 Å². The standard InChI is InChI=1S/C24H25ClFN7O2/c1-13(2)21-18(10-16(24(34)30-21)15-9-14(25)3-4-17(15)26)29-22-20-19(11-33-5-7-35-8-6-33)31-32-23(20)28-12-27-22/h3-4,9-10,12-13H,5-8,11H2,1-2H3,(H,30,34)(H2,27,28,29,31,32). The van der Waals surface area contributed by atoms with Crippen LogP contribution in [0.1, 0.15) is 31.2 Å². The first-order valence-corrected chi connectivity index (χ1v) is 11.8. The lowest BCUT2D eigenvalue weighted by molar-refractivity contribution is 0.0338. The molecule has 3 N–H and O–H groups in total. The summed E-state index contributed by atoms with van der Waals surface area (Å²) in [5.41, 5.74) is 2.58. The Balaban J connectivity index is 1.59. The number of pyridine rings is 1. The van der Waals surface area contributed by atoms with Gasteiger partial charge in [0.05, 0.1) is 35.5 Å². The van der Waals surface area contributed by atoms with Gasteiger partial charge in [-0.15, -0.1) is 0 Å². The van der Waals surface area contributed by atoms with E-state index in [0.29, 0.717) is 47.6 Å². The van der Waals surface area contributed by atoms with Crippen molar-refractivity contribution >= 4 is 34.1 Å². The molecule has 9 nitrogen and oxygen atoms in total. The van der Waals surface area contributed by atoms with Crippen LogP contribution in [0, 0.1) is 5.82 Å². The second-order valence-corrected chi connectivity index (χ2v) is 9.18. The van der Waals surface area contributed by atoms with Crippen molar-refractivity contribution in [2.75, 3.05) is 31.6 Å². The Bertz CT molecular complexity index is 1430. The van der Waals surface area contributed by atoms with E-state index in [9.17, 15) is 9.18 Å². The highest BCUT2D eigenvalue weighted by Crippen LogP contribution is 2.32. The molecule has 1 aromatic carbocycles. The first-order chi connectivity index (χ1) is 16.9. The summed E-state index contributed by atoms with van der Waals surface area (Å²) < 4.78 is 20.1. The number of nitrogens with one attached hydrogen (secondary N) is 3. The molecule has 4 heterocycles. The maximum Gasteiger partial charge on any atom is 0.256 e. The smallest absolute Gasteiger partial charge is 0.256 e. The summed E-state index contributed by atoms with van der Waals surface area (Å²) >= 11 is 6.09. The van der Waals surface area contributed by atoms with Crippen LogP contribution in [0.5, 0.6) is 0 Å². The number of aromatic amines is 2. The van der Waals surface area contributed by atoms with E-state index >= 15 is 0 Å². The molecular formula is C24H25ClFN7O2. The zero-order valence-electron chi connectivity index (χ0n) is 19.4. The first kappa shape index (κ1) is 23.4. The van der Waals surface area contributed by atoms with Crippen molar-refractivity contribution < 1.29 is 9.13 Å². The van der Waals surface area contributed by atoms with E-state index in [1.165, 1.54) is 24.5 Å². The maximum atomic E-state index is 14.6. The predicted molar refractivity (Wildman–Crippen MR) is 133 cm³/mol. The Morgan fingerprint density at radius 1 is 1.20 bits per heavy atom. The van der Waals surface area contributed by atoms with E-state index in [0.717, 1.165) is 24.2 Å². The predicted octanol–water partition coefficient (Wildman–Crippen LogP) is 4.20. The number of rotatable bonds is 6. The number of ether oxygens (including phenoxy) is 1. The molecule has 0 saturated carbocycles. The van der Waals surface area contributed by atoms with Crippen molar-refractivity contribution in [2.24, 2.45) is 0 Å². The third-order valence-corrected chi connectivity index (χ3v) is 6.27. The van der Waals surface area contributed by atoms with Gasteiger partial charge in [-0.25, -0.2) is 14.4 Å². The normalized spacial score (nSPS) is 14.7. The lowest BCUT2D eigenvalue weighted by atomic mass is 10.0. The molecule has 1 saturated heterocycles. The van der Waals surface area contributed by atoms with Gasteiger partial charge in [0.15, 0.2) is 5.65 Å². The van der Waals surface area contributed by atoms with Crippen LogP contribution in [0.15, 0.2) is 35.4 Å². The van der Waals surface area contributed by atoms with Crippen molar-refractivity contribution in [3.63, 3.8) is 0 Å². The number of nitrogens with zero attached hydrogens (tertiary/aromatic N) is 4. The van der Waals surface area contributed by atoms with Gasteiger partial charge in [-0.2, -0.15) is 5.10 Å². The van der Waals surface area contributed by atoms with Crippen molar-refractivity contribution in [1.82, 2.24) is 30.0 Å². The van der Waals surface area contributed by atoms with Crippen LogP contribution in [-0.4, -0.2) is 56.4 Å². The van der Waals surface area contributed by atoms with Crippen molar-refractivity contribution in [2.45, 2.75) is 26.3 Å². The molecule has 1 aliphatic heterocycles. The van der Waals surface area contributed by atoms with Crippen molar-refractivity contribution in [1.29, 1.82) is 0 Å². The molecule has 0 atom stereocenters. The van der Waals surface area contributed by atoms with Crippen LogP contribution >= 0.6 is 11.6 Å². The third kappa shape index (κ3) is 4.77. The number of halogens is 2. The third-order valence-electron chi connectivity index (χ3n) is 6.03. The van der Waals surface area contributed by atoms with Gasteiger partial charge in [-0.3, -0.25) is 14.8 Å². The topological polar surface area (TPSA) is 112 Å². The van der Waals surface area contributed by atoms with Crippen molar-refractivity contribution in [3.8, 4) is 11.1 Å². The molecule has 0 unspecified atom stereocenters. The van der Waals surface area contributed by atoms with Crippen LogP contribution in [0.25, 0.3) is 22.2 Å². The summed E-state index contributed by atoms with van der Waals surface area (Å²) in [7, 11) is 0. The molecule has 1 fully saturated rings. The first-order valence-electron chi connectivity index (χ1n) is 11.4. The van der Waals surface area contributed by atoms with Gasteiger partial charge in [-0.05, 0) is 30.2 Å². The van der Waals surface area contributed by atoms with E-state index in [4.69, 9.17) is 16.3 Å². The van der Waals surface area contributed by atoms with Gasteiger partial charge in [0.2, 0.25) is 0 Å². The number of fused-ring (bicyclic) bond motifs is 1. The fourth-order valence-electron chi connectivity index (χ4n) is 4.24. The number of hydrogen-bond donors (Lipinski definition) is 3. The number of H-pyrrole nitrogens is 2. The molecule has 0 bridgehead atoms. The summed E-state index contributed by atoms with van der Waals surface area (Å²) in [5, 5.41) is 11.9. The minimum Gasteiger partial charge on any atom is -0.379 e. The Labute approximate surface area is 205 Å². The molecule has 182 valence electrons. The Morgan fingerprint density at radius 3 is 2.77 bits per heavy atom. The van der Waals surface area contributed by atoms with Gasteiger partial charge >= 0.3 is 0 Å². The van der Waals surface area contributed by atoms with Crippen LogP contribution in [0.4, 0.5) is 15.9 Å². The highest BCUT2D eigenvalue weighted by molar-refractivity contribution is 6.30. The molecule has 0 radical (unpaired) electrons. The molecule has 35 heavy (non-hydrogen) atoms. The lowest BCUT2D eigenvalue weighted by Crippen LogP contribution is -2.35.